The fourth-order valence-corrected chi connectivity index (χ4v) is 3.88. The summed E-state index contributed by atoms with van der Waals surface area (Å²) in [6, 6.07) is 6.17. The van der Waals surface area contributed by atoms with E-state index in [1.807, 2.05) is 0 Å². The Bertz CT molecular complexity index is 1030. The second kappa shape index (κ2) is 7.59. The number of hydrogen-bond donors (Lipinski definition) is 1. The van der Waals surface area contributed by atoms with Crippen molar-refractivity contribution in [3.63, 3.8) is 0 Å². The van der Waals surface area contributed by atoms with Crippen LogP contribution in [0.3, 0.4) is 0 Å². The SMILES string of the molecule is Cc1ccc(-c2nnc(N[C@@H]3CCCN(C)C3)c3cnccc23)c(C(F)(F)F)c1. The average Bonchev–Trinajstić information content (AvgIpc) is 2.68. The highest BCUT2D eigenvalue weighted by molar-refractivity contribution is 6.00. The van der Waals surface area contributed by atoms with E-state index in [1.165, 1.54) is 6.07 Å². The molecule has 0 bridgehead atoms. The molecule has 3 heterocycles. The maximum absolute atomic E-state index is 13.7. The lowest BCUT2D eigenvalue weighted by molar-refractivity contribution is -0.137. The molecule has 0 spiro atoms. The van der Waals surface area contributed by atoms with Crippen LogP contribution in [0.15, 0.2) is 36.7 Å². The van der Waals surface area contributed by atoms with Crippen molar-refractivity contribution in [1.82, 2.24) is 20.1 Å². The predicted molar refractivity (Wildman–Crippen MR) is 107 cm³/mol. The van der Waals surface area contributed by atoms with Crippen LogP contribution in [0.1, 0.15) is 24.0 Å². The van der Waals surface area contributed by atoms with Gasteiger partial charge in [0, 0.05) is 41.3 Å². The van der Waals surface area contributed by atoms with Crippen molar-refractivity contribution in [2.24, 2.45) is 0 Å². The molecule has 0 amide bonds. The van der Waals surface area contributed by atoms with E-state index in [-0.39, 0.29) is 17.3 Å². The van der Waals surface area contributed by atoms with E-state index in [2.05, 4.69) is 32.4 Å². The molecule has 29 heavy (non-hydrogen) atoms. The van der Waals surface area contributed by atoms with Crippen molar-refractivity contribution in [2.45, 2.75) is 32.0 Å². The Morgan fingerprint density at radius 1 is 1.14 bits per heavy atom. The fraction of sp³-hybridized carbons (Fsp3) is 0.381. The first-order valence-corrected chi connectivity index (χ1v) is 9.56. The molecule has 5 nitrogen and oxygen atoms in total. The first kappa shape index (κ1) is 19.6. The minimum Gasteiger partial charge on any atom is -0.364 e. The van der Waals surface area contributed by atoms with Gasteiger partial charge < -0.3 is 10.2 Å². The first-order chi connectivity index (χ1) is 13.8. The molecule has 0 unspecified atom stereocenters. The number of likely N-dealkylation sites (N-methyl/N-ethyl adjacent to an activating group) is 1. The van der Waals surface area contributed by atoms with E-state index in [4.69, 9.17) is 0 Å². The number of alkyl halides is 3. The van der Waals surface area contributed by atoms with E-state index in [1.54, 1.807) is 31.5 Å². The summed E-state index contributed by atoms with van der Waals surface area (Å²) < 4.78 is 41.0. The van der Waals surface area contributed by atoms with Gasteiger partial charge in [-0.2, -0.15) is 13.2 Å². The molecule has 0 radical (unpaired) electrons. The van der Waals surface area contributed by atoms with Gasteiger partial charge in [-0.25, -0.2) is 0 Å². The average molecular weight is 401 g/mol. The molecule has 1 aromatic carbocycles. The second-order valence-corrected chi connectivity index (χ2v) is 7.61. The Morgan fingerprint density at radius 3 is 2.72 bits per heavy atom. The summed E-state index contributed by atoms with van der Waals surface area (Å²) in [5.74, 6) is 0.554. The number of piperidine rings is 1. The predicted octanol–water partition coefficient (Wildman–Crippen LogP) is 4.53. The van der Waals surface area contributed by atoms with Gasteiger partial charge in [0.05, 0.1) is 5.56 Å². The van der Waals surface area contributed by atoms with Crippen molar-refractivity contribution >= 4 is 16.6 Å². The number of benzene rings is 1. The van der Waals surface area contributed by atoms with Gasteiger partial charge in [0.2, 0.25) is 0 Å². The molecule has 3 aromatic rings. The van der Waals surface area contributed by atoms with E-state index in [0.717, 1.165) is 32.0 Å². The normalized spacial score (nSPS) is 18.2. The number of aromatic nitrogens is 3. The molecule has 1 N–H and O–H groups in total. The second-order valence-electron chi connectivity index (χ2n) is 7.61. The highest BCUT2D eigenvalue weighted by Crippen LogP contribution is 2.39. The summed E-state index contributed by atoms with van der Waals surface area (Å²) >= 11 is 0. The number of nitrogens with zero attached hydrogens (tertiary/aromatic N) is 4. The number of aryl methyl sites for hydroxylation is 1. The topological polar surface area (TPSA) is 53.9 Å². The summed E-state index contributed by atoms with van der Waals surface area (Å²) in [6.45, 7) is 3.57. The van der Waals surface area contributed by atoms with Crippen molar-refractivity contribution < 1.29 is 13.2 Å². The molecule has 1 saturated heterocycles. The van der Waals surface area contributed by atoms with E-state index < -0.39 is 11.7 Å². The summed E-state index contributed by atoms with van der Waals surface area (Å²) in [6.07, 6.45) is 0.794. The number of pyridine rings is 1. The van der Waals surface area contributed by atoms with Gasteiger partial charge in [0.25, 0.3) is 0 Å². The van der Waals surface area contributed by atoms with Crippen LogP contribution in [0.2, 0.25) is 0 Å². The Morgan fingerprint density at radius 2 is 1.97 bits per heavy atom. The van der Waals surface area contributed by atoms with Crippen LogP contribution < -0.4 is 5.32 Å². The van der Waals surface area contributed by atoms with Crippen LogP contribution in [-0.4, -0.2) is 46.3 Å². The maximum atomic E-state index is 13.7. The zero-order valence-electron chi connectivity index (χ0n) is 16.3. The number of nitrogens with one attached hydrogen (secondary N) is 1. The number of fused-ring (bicyclic) bond motifs is 1. The van der Waals surface area contributed by atoms with E-state index in [9.17, 15) is 13.2 Å². The summed E-state index contributed by atoms with van der Waals surface area (Å²) in [4.78, 5) is 6.40. The molecule has 1 fully saturated rings. The smallest absolute Gasteiger partial charge is 0.364 e. The molecule has 8 heteroatoms. The van der Waals surface area contributed by atoms with Gasteiger partial charge in [-0.05, 0) is 45.5 Å². The van der Waals surface area contributed by atoms with Crippen LogP contribution in [0.4, 0.5) is 19.0 Å². The van der Waals surface area contributed by atoms with Crippen LogP contribution >= 0.6 is 0 Å². The third-order valence-corrected chi connectivity index (χ3v) is 5.28. The van der Waals surface area contributed by atoms with Crippen molar-refractivity contribution in [2.75, 3.05) is 25.5 Å². The molecule has 0 aliphatic carbocycles. The van der Waals surface area contributed by atoms with Crippen LogP contribution in [0.5, 0.6) is 0 Å². The van der Waals surface area contributed by atoms with Crippen LogP contribution in [0.25, 0.3) is 22.0 Å². The van der Waals surface area contributed by atoms with Gasteiger partial charge in [-0.15, -0.1) is 10.2 Å². The summed E-state index contributed by atoms with van der Waals surface area (Å²) in [5.41, 5.74) is 0.0658. The van der Waals surface area contributed by atoms with Crippen molar-refractivity contribution in [3.8, 4) is 11.3 Å². The summed E-state index contributed by atoms with van der Waals surface area (Å²) in [7, 11) is 2.07. The van der Waals surface area contributed by atoms with Gasteiger partial charge in [0.1, 0.15) is 5.69 Å². The zero-order valence-corrected chi connectivity index (χ0v) is 16.3. The third-order valence-electron chi connectivity index (χ3n) is 5.28. The molecular formula is C21H22F3N5. The number of halogens is 3. The number of hydrogen-bond acceptors (Lipinski definition) is 5. The lowest BCUT2D eigenvalue weighted by atomic mass is 9.98. The highest BCUT2D eigenvalue weighted by Gasteiger charge is 2.34. The molecule has 2 aromatic heterocycles. The quantitative estimate of drug-likeness (QED) is 0.699. The molecule has 4 rings (SSSR count). The van der Waals surface area contributed by atoms with E-state index in [0.29, 0.717) is 22.2 Å². The Balaban J connectivity index is 1.81. The zero-order chi connectivity index (χ0) is 20.6. The van der Waals surface area contributed by atoms with E-state index >= 15 is 0 Å². The maximum Gasteiger partial charge on any atom is 0.417 e. The Hall–Kier alpha value is -2.74. The Kier molecular flexibility index (Phi) is 5.12. The van der Waals surface area contributed by atoms with Gasteiger partial charge in [0.15, 0.2) is 5.82 Å². The van der Waals surface area contributed by atoms with Crippen LogP contribution in [0, 0.1) is 6.92 Å². The lowest BCUT2D eigenvalue weighted by Crippen LogP contribution is -2.40. The molecule has 1 aliphatic rings. The number of rotatable bonds is 3. The monoisotopic (exact) mass is 401 g/mol. The summed E-state index contributed by atoms with van der Waals surface area (Å²) in [5, 5.41) is 13.1. The molecule has 1 aliphatic heterocycles. The number of likely N-dealkylation sites (tertiary alicyclic amines) is 1. The molecular weight excluding hydrogens is 379 g/mol. The molecule has 1 atom stereocenters. The fourth-order valence-electron chi connectivity index (χ4n) is 3.88. The first-order valence-electron chi connectivity index (χ1n) is 9.56. The van der Waals surface area contributed by atoms with Gasteiger partial charge >= 0.3 is 6.18 Å². The van der Waals surface area contributed by atoms with Crippen molar-refractivity contribution in [1.29, 1.82) is 0 Å². The third kappa shape index (κ3) is 4.03. The van der Waals surface area contributed by atoms with Gasteiger partial charge in [-0.3, -0.25) is 4.98 Å². The Labute approximate surface area is 167 Å². The minimum absolute atomic E-state index is 0.0238. The van der Waals surface area contributed by atoms with Crippen molar-refractivity contribution in [3.05, 3.63) is 47.8 Å². The van der Waals surface area contributed by atoms with Crippen LogP contribution in [-0.2, 0) is 6.18 Å². The molecule has 152 valence electrons. The largest absolute Gasteiger partial charge is 0.417 e. The number of anilines is 1. The molecule has 0 saturated carbocycles. The van der Waals surface area contributed by atoms with Gasteiger partial charge in [-0.1, -0.05) is 17.7 Å². The minimum atomic E-state index is -4.48. The lowest BCUT2D eigenvalue weighted by Gasteiger charge is -2.30. The standard InChI is InChI=1S/C21H22F3N5/c1-13-5-6-16(18(10-13)21(22,23)24)19-15-7-8-25-11-17(15)20(28-27-19)26-14-4-3-9-29(2)12-14/h5-8,10-11,14H,3-4,9,12H2,1-2H3,(H,26,28)/t14-/m1/s1. The highest BCUT2D eigenvalue weighted by atomic mass is 19.4.